The number of fused-ring (bicyclic) bond motifs is 1. The van der Waals surface area contributed by atoms with Gasteiger partial charge in [-0.25, -0.2) is 9.78 Å². The predicted octanol–water partition coefficient (Wildman–Crippen LogP) is 6.05. The molecule has 0 atom stereocenters. The van der Waals surface area contributed by atoms with Gasteiger partial charge < -0.3 is 4.74 Å². The first-order chi connectivity index (χ1) is 15.3. The van der Waals surface area contributed by atoms with Gasteiger partial charge in [-0.3, -0.25) is 9.67 Å². The highest BCUT2D eigenvalue weighted by Gasteiger charge is 2.20. The van der Waals surface area contributed by atoms with E-state index < -0.39 is 0 Å². The maximum Gasteiger partial charge on any atom is 0.338 e. The van der Waals surface area contributed by atoms with Gasteiger partial charge in [-0.1, -0.05) is 50.6 Å². The lowest BCUT2D eigenvalue weighted by Crippen LogP contribution is -2.11. The molecule has 4 rings (SSSR count). The molecular weight excluding hydrogens is 424 g/mol. The number of benzene rings is 2. The van der Waals surface area contributed by atoms with Crippen LogP contribution in [0.4, 0.5) is 0 Å². The van der Waals surface area contributed by atoms with Crippen LogP contribution in [0, 0.1) is 0 Å². The summed E-state index contributed by atoms with van der Waals surface area (Å²) in [7, 11) is 0. The number of H-pyrrole nitrogens is 1. The van der Waals surface area contributed by atoms with Crippen molar-refractivity contribution in [2.45, 2.75) is 33.1 Å². The lowest BCUT2D eigenvalue weighted by atomic mass is 9.92. The largest absolute Gasteiger partial charge is 0.462 e. The molecule has 1 N–H and O–H groups in total. The van der Waals surface area contributed by atoms with Crippen LogP contribution in [0.1, 0.15) is 55.1 Å². The topological polar surface area (TPSA) is 72.8 Å². The molecule has 2 heterocycles. The highest BCUT2D eigenvalue weighted by molar-refractivity contribution is 6.30. The van der Waals surface area contributed by atoms with Crippen LogP contribution in [0.5, 0.6) is 0 Å². The van der Waals surface area contributed by atoms with Crippen LogP contribution < -0.4 is 0 Å². The number of nitrogens with one attached hydrogen (secondary N) is 1. The molecular formula is C25H25ClN4O2. The number of aromatic nitrogens is 4. The van der Waals surface area contributed by atoms with Crippen molar-refractivity contribution in [3.63, 3.8) is 0 Å². The summed E-state index contributed by atoms with van der Waals surface area (Å²) in [6, 6.07) is 15.0. The number of ether oxygens (including phenoxy) is 1. The van der Waals surface area contributed by atoms with Crippen molar-refractivity contribution in [2.24, 2.45) is 0 Å². The summed E-state index contributed by atoms with van der Waals surface area (Å²) < 4.78 is 7.11. The number of carbonyl (C=O) groups is 1. The van der Waals surface area contributed by atoms with Gasteiger partial charge in [0.2, 0.25) is 0 Å². The van der Waals surface area contributed by atoms with Crippen LogP contribution in [-0.2, 0) is 10.2 Å². The van der Waals surface area contributed by atoms with Gasteiger partial charge in [-0.05, 0) is 48.9 Å². The fourth-order valence-electron chi connectivity index (χ4n) is 3.35. The Morgan fingerprint density at radius 2 is 1.88 bits per heavy atom. The number of imidazole rings is 1. The molecule has 0 saturated carbocycles. The summed E-state index contributed by atoms with van der Waals surface area (Å²) in [5.41, 5.74) is 3.95. The lowest BCUT2D eigenvalue weighted by molar-refractivity contribution is 0.0526. The molecule has 0 aliphatic heterocycles. The van der Waals surface area contributed by atoms with Gasteiger partial charge in [-0.2, -0.15) is 5.10 Å². The van der Waals surface area contributed by atoms with Crippen molar-refractivity contribution in [1.29, 1.82) is 0 Å². The Balaban J connectivity index is 1.84. The molecule has 7 heteroatoms. The predicted molar refractivity (Wildman–Crippen MR) is 128 cm³/mol. The van der Waals surface area contributed by atoms with Crippen LogP contribution in [0.2, 0.25) is 5.02 Å². The summed E-state index contributed by atoms with van der Waals surface area (Å²) in [5.74, 6) is 1.07. The highest BCUT2D eigenvalue weighted by atomic mass is 35.5. The standard InChI is InChI=1S/C25H25ClN4O2/c1-5-32-24(31)17-9-12-20-19(14-17)27-22(13-8-16-6-10-18(26)11-7-16)30(20)23-15-21(28-29-23)25(2,3)4/h6-15H,5H2,1-4H3,(H,28,29)/b13-8+. The van der Waals surface area contributed by atoms with Gasteiger partial charge in [0, 0.05) is 22.2 Å². The smallest absolute Gasteiger partial charge is 0.338 e. The zero-order chi connectivity index (χ0) is 22.9. The molecule has 0 aliphatic rings. The third-order valence-electron chi connectivity index (χ3n) is 5.09. The van der Waals surface area contributed by atoms with Gasteiger partial charge in [0.1, 0.15) is 5.82 Å². The van der Waals surface area contributed by atoms with Gasteiger partial charge in [0.15, 0.2) is 5.82 Å². The number of halogens is 1. The molecule has 0 spiro atoms. The van der Waals surface area contributed by atoms with E-state index in [-0.39, 0.29) is 11.4 Å². The van der Waals surface area contributed by atoms with Crippen molar-refractivity contribution in [3.05, 3.63) is 76.2 Å². The van der Waals surface area contributed by atoms with E-state index in [0.29, 0.717) is 28.5 Å². The quantitative estimate of drug-likeness (QED) is 0.377. The van der Waals surface area contributed by atoms with E-state index >= 15 is 0 Å². The molecule has 2 aromatic carbocycles. The second-order valence-electron chi connectivity index (χ2n) is 8.50. The Hall–Kier alpha value is -3.38. The van der Waals surface area contributed by atoms with E-state index in [4.69, 9.17) is 21.3 Å². The number of hydrogen-bond donors (Lipinski definition) is 1. The Labute approximate surface area is 191 Å². The minimum atomic E-state index is -0.364. The summed E-state index contributed by atoms with van der Waals surface area (Å²) in [5, 5.41) is 8.37. The first-order valence-electron chi connectivity index (χ1n) is 10.5. The molecule has 0 bridgehead atoms. The minimum Gasteiger partial charge on any atom is -0.462 e. The van der Waals surface area contributed by atoms with Gasteiger partial charge in [0.25, 0.3) is 0 Å². The Morgan fingerprint density at radius 1 is 1.12 bits per heavy atom. The third-order valence-corrected chi connectivity index (χ3v) is 5.34. The lowest BCUT2D eigenvalue weighted by Gasteiger charge is -2.14. The van der Waals surface area contributed by atoms with E-state index in [9.17, 15) is 4.79 Å². The zero-order valence-corrected chi connectivity index (χ0v) is 19.3. The molecule has 164 valence electrons. The molecule has 32 heavy (non-hydrogen) atoms. The SMILES string of the molecule is CCOC(=O)c1ccc2c(c1)nc(/C=C/c1ccc(Cl)cc1)n2-c1cc(C(C)(C)C)[nH]n1. The first kappa shape index (κ1) is 21.8. The number of rotatable bonds is 5. The number of nitrogens with zero attached hydrogens (tertiary/aromatic N) is 3. The Morgan fingerprint density at radius 3 is 2.53 bits per heavy atom. The molecule has 0 saturated heterocycles. The van der Waals surface area contributed by atoms with Crippen molar-refractivity contribution in [1.82, 2.24) is 19.7 Å². The molecule has 0 unspecified atom stereocenters. The molecule has 0 aliphatic carbocycles. The Kier molecular flexibility index (Phi) is 5.89. The monoisotopic (exact) mass is 448 g/mol. The van der Waals surface area contributed by atoms with Gasteiger partial charge in [-0.15, -0.1) is 0 Å². The van der Waals surface area contributed by atoms with E-state index in [2.05, 4.69) is 31.0 Å². The van der Waals surface area contributed by atoms with Crippen LogP contribution in [0.15, 0.2) is 48.5 Å². The van der Waals surface area contributed by atoms with Crippen LogP contribution in [-0.4, -0.2) is 32.3 Å². The highest BCUT2D eigenvalue weighted by Crippen LogP contribution is 2.27. The molecule has 0 fully saturated rings. The average molecular weight is 449 g/mol. The molecule has 6 nitrogen and oxygen atoms in total. The van der Waals surface area contributed by atoms with E-state index in [1.807, 2.05) is 53.1 Å². The number of esters is 1. The summed E-state index contributed by atoms with van der Waals surface area (Å²) in [4.78, 5) is 17.0. The number of hydrogen-bond acceptors (Lipinski definition) is 4. The van der Waals surface area contributed by atoms with Crippen molar-refractivity contribution in [3.8, 4) is 5.82 Å². The first-order valence-corrected chi connectivity index (χ1v) is 10.8. The Bertz CT molecular complexity index is 1290. The maximum atomic E-state index is 12.2. The average Bonchev–Trinajstić information content (AvgIpc) is 3.37. The van der Waals surface area contributed by atoms with Crippen molar-refractivity contribution < 1.29 is 9.53 Å². The normalized spacial score (nSPS) is 12.0. The second-order valence-corrected chi connectivity index (χ2v) is 8.94. The van der Waals surface area contributed by atoms with Crippen molar-refractivity contribution >= 4 is 40.8 Å². The molecule has 4 aromatic rings. The van der Waals surface area contributed by atoms with Crippen molar-refractivity contribution in [2.75, 3.05) is 6.61 Å². The zero-order valence-electron chi connectivity index (χ0n) is 18.5. The fraction of sp³-hybridized carbons (Fsp3) is 0.240. The molecule has 2 aromatic heterocycles. The van der Waals surface area contributed by atoms with Crippen LogP contribution in [0.3, 0.4) is 0 Å². The van der Waals surface area contributed by atoms with E-state index in [1.165, 1.54) is 0 Å². The summed E-state index contributed by atoms with van der Waals surface area (Å²) >= 11 is 6.00. The van der Waals surface area contributed by atoms with E-state index in [1.54, 1.807) is 19.1 Å². The number of aromatic amines is 1. The van der Waals surface area contributed by atoms with Crippen LogP contribution in [0.25, 0.3) is 29.0 Å². The number of carbonyl (C=O) groups excluding carboxylic acids is 1. The van der Waals surface area contributed by atoms with Gasteiger partial charge in [0.05, 0.1) is 23.2 Å². The molecule has 0 amide bonds. The third kappa shape index (κ3) is 4.46. The summed E-state index contributed by atoms with van der Waals surface area (Å²) in [6.07, 6.45) is 3.90. The van der Waals surface area contributed by atoms with Crippen LogP contribution >= 0.6 is 11.6 Å². The second kappa shape index (κ2) is 8.63. The molecule has 0 radical (unpaired) electrons. The fourth-order valence-corrected chi connectivity index (χ4v) is 3.47. The van der Waals surface area contributed by atoms with Gasteiger partial charge >= 0.3 is 5.97 Å². The summed E-state index contributed by atoms with van der Waals surface area (Å²) in [6.45, 7) is 8.49. The minimum absolute atomic E-state index is 0.0714. The maximum absolute atomic E-state index is 12.2. The van der Waals surface area contributed by atoms with E-state index in [0.717, 1.165) is 22.6 Å².